The maximum atomic E-state index is 11.6. The van der Waals surface area contributed by atoms with Crippen LogP contribution in [0.25, 0.3) is 0 Å². The van der Waals surface area contributed by atoms with Crippen molar-refractivity contribution in [1.82, 2.24) is 5.32 Å². The zero-order chi connectivity index (χ0) is 12.4. The molecule has 0 spiro atoms. The van der Waals surface area contributed by atoms with Gasteiger partial charge in [0, 0.05) is 17.6 Å². The molecule has 1 aromatic carbocycles. The number of rotatable bonds is 1. The predicted octanol–water partition coefficient (Wildman–Crippen LogP) is 1.65. The fraction of sp³-hybridized carbons (Fsp3) is 0.333. The van der Waals surface area contributed by atoms with Crippen molar-refractivity contribution >= 4 is 27.5 Å². The molecule has 0 aromatic heterocycles. The summed E-state index contributed by atoms with van der Waals surface area (Å²) >= 11 is 3.34. The molecule has 2 rings (SSSR count). The first-order chi connectivity index (χ1) is 8.13. The summed E-state index contributed by atoms with van der Waals surface area (Å²) < 4.78 is 0.868. The zero-order valence-electron chi connectivity index (χ0n) is 9.40. The average molecular weight is 294 g/mol. The number of benzene rings is 1. The third-order valence-electron chi connectivity index (χ3n) is 2.89. The van der Waals surface area contributed by atoms with Gasteiger partial charge in [-0.15, -0.1) is 0 Å². The standard InChI is InChI=1S/C12H12BrN3O/c1-8-12(17)15-4-5-16(8)11-3-2-10(13)6-9(11)7-14/h2-3,6,8H,4-5H2,1H3,(H,15,17). The number of carbonyl (C=O) groups excluding carboxylic acids is 1. The number of anilines is 1. The molecular formula is C12H12BrN3O. The molecular weight excluding hydrogens is 282 g/mol. The first-order valence-corrected chi connectivity index (χ1v) is 6.17. The van der Waals surface area contributed by atoms with Crippen LogP contribution in [-0.2, 0) is 4.79 Å². The van der Waals surface area contributed by atoms with Crippen molar-refractivity contribution in [2.45, 2.75) is 13.0 Å². The minimum Gasteiger partial charge on any atom is -0.357 e. The number of amides is 1. The van der Waals surface area contributed by atoms with Crippen LogP contribution in [0.2, 0.25) is 0 Å². The molecule has 1 heterocycles. The Morgan fingerprint density at radius 1 is 1.59 bits per heavy atom. The number of hydrogen-bond acceptors (Lipinski definition) is 3. The fourth-order valence-electron chi connectivity index (χ4n) is 1.96. The van der Waals surface area contributed by atoms with Crippen LogP contribution in [0, 0.1) is 11.3 Å². The molecule has 0 radical (unpaired) electrons. The van der Waals surface area contributed by atoms with Crippen molar-refractivity contribution in [3.63, 3.8) is 0 Å². The van der Waals surface area contributed by atoms with Gasteiger partial charge in [0.2, 0.25) is 5.91 Å². The smallest absolute Gasteiger partial charge is 0.242 e. The van der Waals surface area contributed by atoms with Gasteiger partial charge in [0.15, 0.2) is 0 Å². The van der Waals surface area contributed by atoms with Crippen LogP contribution in [0.15, 0.2) is 22.7 Å². The minimum absolute atomic E-state index is 0.00283. The SMILES string of the molecule is CC1C(=O)NCCN1c1ccc(Br)cc1C#N. The van der Waals surface area contributed by atoms with E-state index in [0.29, 0.717) is 12.1 Å². The van der Waals surface area contributed by atoms with Gasteiger partial charge >= 0.3 is 0 Å². The molecule has 1 fully saturated rings. The summed E-state index contributed by atoms with van der Waals surface area (Å²) in [5.41, 5.74) is 1.40. The van der Waals surface area contributed by atoms with Gasteiger partial charge in [-0.25, -0.2) is 0 Å². The van der Waals surface area contributed by atoms with Crippen LogP contribution in [0.1, 0.15) is 12.5 Å². The molecule has 1 N–H and O–H groups in total. The van der Waals surface area contributed by atoms with Crippen molar-refractivity contribution in [3.05, 3.63) is 28.2 Å². The molecule has 4 nitrogen and oxygen atoms in total. The van der Waals surface area contributed by atoms with E-state index in [2.05, 4.69) is 27.3 Å². The number of nitriles is 1. The quantitative estimate of drug-likeness (QED) is 0.856. The van der Waals surface area contributed by atoms with Gasteiger partial charge in [-0.3, -0.25) is 4.79 Å². The molecule has 1 atom stereocenters. The first kappa shape index (κ1) is 11.9. The fourth-order valence-corrected chi connectivity index (χ4v) is 2.32. The van der Waals surface area contributed by atoms with E-state index in [9.17, 15) is 4.79 Å². The van der Waals surface area contributed by atoms with Crippen LogP contribution in [0.3, 0.4) is 0 Å². The van der Waals surface area contributed by atoms with Crippen LogP contribution in [-0.4, -0.2) is 25.0 Å². The Morgan fingerprint density at radius 3 is 3.06 bits per heavy atom. The Labute approximate surface area is 108 Å². The molecule has 88 valence electrons. The van der Waals surface area contributed by atoms with Gasteiger partial charge in [0.25, 0.3) is 0 Å². The lowest BCUT2D eigenvalue weighted by atomic mass is 10.1. The molecule has 1 saturated heterocycles. The van der Waals surface area contributed by atoms with Crippen LogP contribution in [0.5, 0.6) is 0 Å². The van der Waals surface area contributed by atoms with E-state index in [1.165, 1.54) is 0 Å². The number of halogens is 1. The van der Waals surface area contributed by atoms with Gasteiger partial charge in [0.1, 0.15) is 12.1 Å². The largest absolute Gasteiger partial charge is 0.357 e. The maximum absolute atomic E-state index is 11.6. The summed E-state index contributed by atoms with van der Waals surface area (Å²) in [6.45, 7) is 3.19. The maximum Gasteiger partial charge on any atom is 0.242 e. The van der Waals surface area contributed by atoms with E-state index >= 15 is 0 Å². The lowest BCUT2D eigenvalue weighted by Gasteiger charge is -2.35. The highest BCUT2D eigenvalue weighted by atomic mass is 79.9. The van der Waals surface area contributed by atoms with E-state index in [1.807, 2.05) is 24.0 Å². The first-order valence-electron chi connectivity index (χ1n) is 5.37. The van der Waals surface area contributed by atoms with E-state index in [4.69, 9.17) is 5.26 Å². The molecule has 1 aliphatic rings. The second-order valence-electron chi connectivity index (χ2n) is 3.93. The molecule has 5 heteroatoms. The average Bonchev–Trinajstić information content (AvgIpc) is 2.33. The molecule has 1 aromatic rings. The van der Waals surface area contributed by atoms with Crippen molar-refractivity contribution in [1.29, 1.82) is 5.26 Å². The van der Waals surface area contributed by atoms with Crippen molar-refractivity contribution in [3.8, 4) is 6.07 Å². The summed E-state index contributed by atoms with van der Waals surface area (Å²) in [4.78, 5) is 13.6. The molecule has 0 saturated carbocycles. The molecule has 17 heavy (non-hydrogen) atoms. The normalized spacial score (nSPS) is 19.7. The van der Waals surface area contributed by atoms with E-state index in [0.717, 1.165) is 16.7 Å². The van der Waals surface area contributed by atoms with Gasteiger partial charge in [-0.05, 0) is 25.1 Å². The van der Waals surface area contributed by atoms with Crippen LogP contribution < -0.4 is 10.2 Å². The zero-order valence-corrected chi connectivity index (χ0v) is 11.0. The summed E-state index contributed by atoms with van der Waals surface area (Å²) in [5, 5.41) is 11.9. The summed E-state index contributed by atoms with van der Waals surface area (Å²) in [6, 6.07) is 7.46. The van der Waals surface area contributed by atoms with E-state index in [1.54, 1.807) is 6.07 Å². The van der Waals surface area contributed by atoms with Gasteiger partial charge < -0.3 is 10.2 Å². The van der Waals surface area contributed by atoms with Crippen molar-refractivity contribution in [2.75, 3.05) is 18.0 Å². The summed E-state index contributed by atoms with van der Waals surface area (Å²) in [5.74, 6) is 0.00283. The third-order valence-corrected chi connectivity index (χ3v) is 3.38. The summed E-state index contributed by atoms with van der Waals surface area (Å²) in [7, 11) is 0. The van der Waals surface area contributed by atoms with Gasteiger partial charge in [-0.1, -0.05) is 15.9 Å². The molecule has 1 aliphatic heterocycles. The Kier molecular flexibility index (Phi) is 3.34. The molecule has 1 amide bonds. The second-order valence-corrected chi connectivity index (χ2v) is 4.85. The molecule has 0 bridgehead atoms. The van der Waals surface area contributed by atoms with Gasteiger partial charge in [0.05, 0.1) is 11.3 Å². The Balaban J connectivity index is 2.40. The van der Waals surface area contributed by atoms with Crippen LogP contribution in [0.4, 0.5) is 5.69 Å². The number of nitrogens with zero attached hydrogens (tertiary/aromatic N) is 2. The number of nitrogens with one attached hydrogen (secondary N) is 1. The second kappa shape index (κ2) is 4.76. The number of carbonyl (C=O) groups is 1. The monoisotopic (exact) mass is 293 g/mol. The number of piperazine rings is 1. The highest BCUT2D eigenvalue weighted by molar-refractivity contribution is 9.10. The van der Waals surface area contributed by atoms with Crippen molar-refractivity contribution in [2.24, 2.45) is 0 Å². The third kappa shape index (κ3) is 2.27. The van der Waals surface area contributed by atoms with E-state index < -0.39 is 0 Å². The topological polar surface area (TPSA) is 56.1 Å². The Morgan fingerprint density at radius 2 is 2.35 bits per heavy atom. The minimum atomic E-state index is -0.239. The predicted molar refractivity (Wildman–Crippen MR) is 68.7 cm³/mol. The highest BCUT2D eigenvalue weighted by Gasteiger charge is 2.26. The van der Waals surface area contributed by atoms with Crippen molar-refractivity contribution < 1.29 is 4.79 Å². The van der Waals surface area contributed by atoms with Gasteiger partial charge in [-0.2, -0.15) is 5.26 Å². The number of hydrogen-bond donors (Lipinski definition) is 1. The van der Waals surface area contributed by atoms with Crippen LogP contribution >= 0.6 is 15.9 Å². The lowest BCUT2D eigenvalue weighted by Crippen LogP contribution is -2.54. The summed E-state index contributed by atoms with van der Waals surface area (Å²) in [6.07, 6.45) is 0. The Bertz CT molecular complexity index is 495. The Hall–Kier alpha value is -1.54. The molecule has 1 unspecified atom stereocenters. The lowest BCUT2D eigenvalue weighted by molar-refractivity contribution is -0.122. The molecule has 0 aliphatic carbocycles. The highest BCUT2D eigenvalue weighted by Crippen LogP contribution is 2.26. The van der Waals surface area contributed by atoms with E-state index in [-0.39, 0.29) is 11.9 Å².